The number of nitrogen functional groups attached to an aromatic ring is 1. The summed E-state index contributed by atoms with van der Waals surface area (Å²) in [6, 6.07) is 12.3. The maximum absolute atomic E-state index is 12.6. The molecule has 0 radical (unpaired) electrons. The summed E-state index contributed by atoms with van der Waals surface area (Å²) in [5.74, 6) is 0. The number of nitrogens with zero attached hydrogens (tertiary/aromatic N) is 1. The molecule has 7 heteroatoms. The Labute approximate surface area is 141 Å². The Kier molecular flexibility index (Phi) is 5.08. The minimum absolute atomic E-state index is 0.108. The lowest BCUT2D eigenvalue weighted by molar-refractivity contribution is 0.467. The molecule has 0 heterocycles. The van der Waals surface area contributed by atoms with Gasteiger partial charge in [0.2, 0.25) is 10.0 Å². The van der Waals surface area contributed by atoms with Gasteiger partial charge in [-0.15, -0.1) is 0 Å². The topological polar surface area (TPSA) is 63.4 Å². The SMILES string of the molecule is CN(Cc1ccc(Br)cc1)S(=O)(=O)c1cc(Br)ccc1N. The van der Waals surface area contributed by atoms with Gasteiger partial charge < -0.3 is 5.73 Å². The molecule has 2 aromatic rings. The van der Waals surface area contributed by atoms with E-state index in [-0.39, 0.29) is 17.1 Å². The standard InChI is InChI=1S/C14H14Br2N2O2S/c1-18(9-10-2-4-11(15)5-3-10)21(19,20)14-8-12(16)6-7-13(14)17/h2-8H,9,17H2,1H3. The van der Waals surface area contributed by atoms with Crippen molar-refractivity contribution in [3.8, 4) is 0 Å². The van der Waals surface area contributed by atoms with Crippen LogP contribution in [0.1, 0.15) is 5.56 Å². The van der Waals surface area contributed by atoms with Gasteiger partial charge in [0.05, 0.1) is 5.69 Å². The van der Waals surface area contributed by atoms with Crippen molar-refractivity contribution in [3.05, 3.63) is 57.0 Å². The van der Waals surface area contributed by atoms with Crippen LogP contribution < -0.4 is 5.73 Å². The van der Waals surface area contributed by atoms with Crippen LogP contribution >= 0.6 is 31.9 Å². The van der Waals surface area contributed by atoms with Crippen molar-refractivity contribution in [2.45, 2.75) is 11.4 Å². The quantitative estimate of drug-likeness (QED) is 0.749. The Morgan fingerprint density at radius 2 is 1.62 bits per heavy atom. The number of hydrogen-bond donors (Lipinski definition) is 1. The molecule has 112 valence electrons. The van der Waals surface area contributed by atoms with Crippen LogP contribution in [-0.4, -0.2) is 19.8 Å². The van der Waals surface area contributed by atoms with Crippen molar-refractivity contribution in [3.63, 3.8) is 0 Å². The minimum atomic E-state index is -3.63. The van der Waals surface area contributed by atoms with Crippen molar-refractivity contribution in [1.29, 1.82) is 0 Å². The van der Waals surface area contributed by atoms with Crippen molar-refractivity contribution < 1.29 is 8.42 Å². The Bertz CT molecular complexity index is 746. The molecule has 0 unspecified atom stereocenters. The van der Waals surface area contributed by atoms with Crippen LogP contribution in [0.5, 0.6) is 0 Å². The fourth-order valence-electron chi connectivity index (χ4n) is 1.83. The maximum Gasteiger partial charge on any atom is 0.245 e. The summed E-state index contributed by atoms with van der Waals surface area (Å²) in [6.45, 7) is 0.279. The Balaban J connectivity index is 2.30. The molecule has 0 aliphatic carbocycles. The van der Waals surface area contributed by atoms with Crippen LogP contribution in [0, 0.1) is 0 Å². The Morgan fingerprint density at radius 1 is 1.05 bits per heavy atom. The molecule has 21 heavy (non-hydrogen) atoms. The lowest BCUT2D eigenvalue weighted by atomic mass is 10.2. The maximum atomic E-state index is 12.6. The number of rotatable bonds is 4. The monoisotopic (exact) mass is 432 g/mol. The second-order valence-corrected chi connectivity index (χ2v) is 8.41. The van der Waals surface area contributed by atoms with Crippen LogP contribution in [0.15, 0.2) is 56.3 Å². The molecular weight excluding hydrogens is 420 g/mol. The number of nitrogens with two attached hydrogens (primary N) is 1. The van der Waals surface area contributed by atoms with Gasteiger partial charge in [0.15, 0.2) is 0 Å². The summed E-state index contributed by atoms with van der Waals surface area (Å²) in [5, 5.41) is 0. The molecule has 0 bridgehead atoms. The van der Waals surface area contributed by atoms with Crippen LogP contribution in [0.4, 0.5) is 5.69 Å². The summed E-state index contributed by atoms with van der Waals surface area (Å²) in [6.07, 6.45) is 0. The highest BCUT2D eigenvalue weighted by atomic mass is 79.9. The number of hydrogen-bond acceptors (Lipinski definition) is 3. The first-order chi connectivity index (χ1) is 9.80. The molecule has 0 saturated heterocycles. The molecule has 0 aromatic heterocycles. The molecule has 0 aliphatic heterocycles. The molecular formula is C14H14Br2N2O2S. The van der Waals surface area contributed by atoms with Gasteiger partial charge in [0.1, 0.15) is 4.90 Å². The first-order valence-electron chi connectivity index (χ1n) is 6.06. The first kappa shape index (κ1) is 16.5. The molecule has 0 spiro atoms. The molecule has 0 atom stereocenters. The van der Waals surface area contributed by atoms with Gasteiger partial charge >= 0.3 is 0 Å². The van der Waals surface area contributed by atoms with E-state index in [1.807, 2.05) is 24.3 Å². The smallest absolute Gasteiger partial charge is 0.245 e. The third kappa shape index (κ3) is 3.85. The molecule has 0 fully saturated rings. The molecule has 2 rings (SSSR count). The van der Waals surface area contributed by atoms with Gasteiger partial charge in [-0.05, 0) is 35.9 Å². The van der Waals surface area contributed by atoms with E-state index >= 15 is 0 Å². The van der Waals surface area contributed by atoms with Crippen LogP contribution in [0.25, 0.3) is 0 Å². The van der Waals surface area contributed by atoms with E-state index in [0.717, 1.165) is 10.0 Å². The van der Waals surface area contributed by atoms with Gasteiger partial charge in [-0.3, -0.25) is 0 Å². The van der Waals surface area contributed by atoms with E-state index in [1.165, 1.54) is 17.4 Å². The van der Waals surface area contributed by atoms with Gasteiger partial charge in [-0.25, -0.2) is 8.42 Å². The van der Waals surface area contributed by atoms with E-state index in [0.29, 0.717) is 4.47 Å². The van der Waals surface area contributed by atoms with Crippen LogP contribution in [0.2, 0.25) is 0 Å². The summed E-state index contributed by atoms with van der Waals surface area (Å²) in [5.41, 5.74) is 6.93. The summed E-state index contributed by atoms with van der Waals surface area (Å²) in [4.78, 5) is 0.108. The Morgan fingerprint density at radius 3 is 2.24 bits per heavy atom. The summed E-state index contributed by atoms with van der Waals surface area (Å²) >= 11 is 6.62. The van der Waals surface area contributed by atoms with E-state index in [1.54, 1.807) is 12.1 Å². The molecule has 4 nitrogen and oxygen atoms in total. The fourth-order valence-corrected chi connectivity index (χ4v) is 3.90. The molecule has 2 aromatic carbocycles. The molecule has 2 N–H and O–H groups in total. The summed E-state index contributed by atoms with van der Waals surface area (Å²) in [7, 11) is -2.09. The van der Waals surface area contributed by atoms with E-state index in [2.05, 4.69) is 31.9 Å². The Hall–Kier alpha value is -0.890. The van der Waals surface area contributed by atoms with Gasteiger partial charge in [-0.1, -0.05) is 44.0 Å². The third-order valence-corrected chi connectivity index (χ3v) is 5.86. The highest BCUT2D eigenvalue weighted by Crippen LogP contribution is 2.26. The van der Waals surface area contributed by atoms with Crippen LogP contribution in [-0.2, 0) is 16.6 Å². The molecule has 0 amide bonds. The van der Waals surface area contributed by atoms with E-state index in [9.17, 15) is 8.42 Å². The number of sulfonamides is 1. The van der Waals surface area contributed by atoms with Crippen molar-refractivity contribution in [2.24, 2.45) is 0 Å². The highest BCUT2D eigenvalue weighted by molar-refractivity contribution is 9.10. The van der Waals surface area contributed by atoms with Gasteiger partial charge in [0, 0.05) is 22.5 Å². The third-order valence-electron chi connectivity index (χ3n) is 2.98. The lowest BCUT2D eigenvalue weighted by Gasteiger charge is -2.18. The van der Waals surface area contributed by atoms with Gasteiger partial charge in [-0.2, -0.15) is 4.31 Å². The average Bonchev–Trinajstić information content (AvgIpc) is 2.43. The second kappa shape index (κ2) is 6.48. The zero-order valence-electron chi connectivity index (χ0n) is 11.3. The van der Waals surface area contributed by atoms with Crippen molar-refractivity contribution in [2.75, 3.05) is 12.8 Å². The van der Waals surface area contributed by atoms with Crippen LogP contribution in [0.3, 0.4) is 0 Å². The van der Waals surface area contributed by atoms with Crippen molar-refractivity contribution in [1.82, 2.24) is 4.31 Å². The predicted molar refractivity (Wildman–Crippen MR) is 91.3 cm³/mol. The minimum Gasteiger partial charge on any atom is -0.398 e. The van der Waals surface area contributed by atoms with Crippen molar-refractivity contribution >= 4 is 47.6 Å². The fraction of sp³-hybridized carbons (Fsp3) is 0.143. The second-order valence-electron chi connectivity index (χ2n) is 4.57. The zero-order valence-corrected chi connectivity index (χ0v) is 15.2. The zero-order chi connectivity index (χ0) is 15.6. The normalized spacial score (nSPS) is 11.8. The average molecular weight is 434 g/mol. The van der Waals surface area contributed by atoms with Gasteiger partial charge in [0.25, 0.3) is 0 Å². The first-order valence-corrected chi connectivity index (χ1v) is 9.09. The molecule has 0 aliphatic rings. The highest BCUT2D eigenvalue weighted by Gasteiger charge is 2.23. The molecule has 0 saturated carbocycles. The number of anilines is 1. The van der Waals surface area contributed by atoms with E-state index in [4.69, 9.17) is 5.73 Å². The predicted octanol–water partition coefficient (Wildman–Crippen LogP) is 3.61. The summed E-state index contributed by atoms with van der Waals surface area (Å²) < 4.78 is 28.1. The number of halogens is 2. The van der Waals surface area contributed by atoms with E-state index < -0.39 is 10.0 Å². The number of benzene rings is 2. The lowest BCUT2D eigenvalue weighted by Crippen LogP contribution is -2.27. The largest absolute Gasteiger partial charge is 0.398 e.